The molecule has 0 saturated heterocycles. The first-order chi connectivity index (χ1) is 9.76. The molecule has 1 fully saturated rings. The Morgan fingerprint density at radius 3 is 2.55 bits per heavy atom. The fourth-order valence-corrected chi connectivity index (χ4v) is 2.51. The van der Waals surface area contributed by atoms with Gasteiger partial charge in [-0.05, 0) is 48.1 Å². The van der Waals surface area contributed by atoms with E-state index in [0.29, 0.717) is 5.02 Å². The molecule has 1 N–H and O–H groups in total. The fraction of sp³-hybridized carbons (Fsp3) is 0.294. The average molecular weight is 288 g/mol. The Kier molecular flexibility index (Phi) is 3.83. The van der Waals surface area contributed by atoms with Crippen LogP contribution >= 0.6 is 11.6 Å². The topological polar surface area (TPSA) is 21.3 Å². The van der Waals surface area contributed by atoms with Crippen molar-refractivity contribution >= 4 is 17.3 Å². The monoisotopic (exact) mass is 287 g/mol. The van der Waals surface area contributed by atoms with Crippen LogP contribution in [0.5, 0.6) is 5.75 Å². The van der Waals surface area contributed by atoms with Crippen molar-refractivity contribution in [2.24, 2.45) is 0 Å². The lowest BCUT2D eigenvalue weighted by Gasteiger charge is -2.12. The smallest absolute Gasteiger partial charge is 0.142 e. The van der Waals surface area contributed by atoms with Crippen molar-refractivity contribution in [3.8, 4) is 5.75 Å². The Bertz CT molecular complexity index is 590. The highest BCUT2D eigenvalue weighted by molar-refractivity contribution is 6.30. The molecular weight excluding hydrogens is 270 g/mol. The summed E-state index contributed by atoms with van der Waals surface area (Å²) in [5.41, 5.74) is 3.65. The van der Waals surface area contributed by atoms with E-state index in [1.54, 1.807) is 7.11 Å². The lowest BCUT2D eigenvalue weighted by Crippen LogP contribution is -2.01. The van der Waals surface area contributed by atoms with Crippen molar-refractivity contribution in [2.75, 3.05) is 12.4 Å². The summed E-state index contributed by atoms with van der Waals surface area (Å²) < 4.78 is 5.33. The van der Waals surface area contributed by atoms with Crippen molar-refractivity contribution < 1.29 is 4.74 Å². The summed E-state index contributed by atoms with van der Waals surface area (Å²) >= 11 is 6.02. The van der Waals surface area contributed by atoms with Crippen LogP contribution in [0.4, 0.5) is 5.69 Å². The molecule has 0 aliphatic heterocycles. The molecule has 2 nitrogen and oxygen atoms in total. The van der Waals surface area contributed by atoms with E-state index >= 15 is 0 Å². The van der Waals surface area contributed by atoms with E-state index in [1.807, 2.05) is 18.2 Å². The number of anilines is 1. The first kappa shape index (κ1) is 13.3. The van der Waals surface area contributed by atoms with Gasteiger partial charge in [0.2, 0.25) is 0 Å². The third-order valence-electron chi connectivity index (χ3n) is 3.67. The van der Waals surface area contributed by atoms with Crippen LogP contribution in [-0.2, 0) is 6.54 Å². The minimum Gasteiger partial charge on any atom is -0.495 e. The van der Waals surface area contributed by atoms with E-state index in [1.165, 1.54) is 24.0 Å². The molecule has 2 aromatic rings. The summed E-state index contributed by atoms with van der Waals surface area (Å²) in [7, 11) is 1.67. The van der Waals surface area contributed by atoms with Gasteiger partial charge < -0.3 is 10.1 Å². The van der Waals surface area contributed by atoms with Crippen LogP contribution in [0.25, 0.3) is 0 Å². The van der Waals surface area contributed by atoms with E-state index in [-0.39, 0.29) is 0 Å². The third kappa shape index (κ3) is 3.07. The zero-order valence-electron chi connectivity index (χ0n) is 11.5. The van der Waals surface area contributed by atoms with E-state index < -0.39 is 0 Å². The lowest BCUT2D eigenvalue weighted by molar-refractivity contribution is 0.416. The molecule has 0 aromatic heterocycles. The number of ether oxygens (including phenoxy) is 1. The van der Waals surface area contributed by atoms with Crippen LogP contribution in [0, 0.1) is 0 Å². The molecule has 3 heteroatoms. The third-order valence-corrected chi connectivity index (χ3v) is 3.91. The Labute approximate surface area is 124 Å². The first-order valence-electron chi connectivity index (χ1n) is 6.92. The minimum atomic E-state index is 0.706. The van der Waals surface area contributed by atoms with Crippen LogP contribution < -0.4 is 10.1 Å². The van der Waals surface area contributed by atoms with Gasteiger partial charge in [-0.1, -0.05) is 35.9 Å². The molecule has 0 bridgehead atoms. The number of hydrogen-bond donors (Lipinski definition) is 1. The quantitative estimate of drug-likeness (QED) is 0.850. The van der Waals surface area contributed by atoms with Gasteiger partial charge in [0.25, 0.3) is 0 Å². The molecule has 1 aliphatic carbocycles. The highest BCUT2D eigenvalue weighted by atomic mass is 35.5. The van der Waals surface area contributed by atoms with Crippen LogP contribution in [0.1, 0.15) is 29.9 Å². The molecule has 104 valence electrons. The van der Waals surface area contributed by atoms with Crippen molar-refractivity contribution in [3.63, 3.8) is 0 Å². The number of benzene rings is 2. The van der Waals surface area contributed by atoms with Gasteiger partial charge >= 0.3 is 0 Å². The Morgan fingerprint density at radius 1 is 1.15 bits per heavy atom. The van der Waals surface area contributed by atoms with E-state index in [9.17, 15) is 0 Å². The summed E-state index contributed by atoms with van der Waals surface area (Å²) in [5, 5.41) is 4.08. The lowest BCUT2D eigenvalue weighted by atomic mass is 10.1. The zero-order valence-corrected chi connectivity index (χ0v) is 12.3. The van der Waals surface area contributed by atoms with Crippen LogP contribution in [0.2, 0.25) is 5.02 Å². The van der Waals surface area contributed by atoms with Gasteiger partial charge in [-0.25, -0.2) is 0 Å². The van der Waals surface area contributed by atoms with Crippen molar-refractivity contribution in [3.05, 3.63) is 58.6 Å². The second-order valence-corrected chi connectivity index (χ2v) is 5.65. The largest absolute Gasteiger partial charge is 0.495 e. The maximum absolute atomic E-state index is 6.02. The predicted octanol–water partition coefficient (Wildman–Crippen LogP) is 4.84. The maximum atomic E-state index is 6.02. The van der Waals surface area contributed by atoms with Crippen LogP contribution in [0.3, 0.4) is 0 Å². The zero-order chi connectivity index (χ0) is 13.9. The second kappa shape index (κ2) is 5.76. The number of rotatable bonds is 5. The highest BCUT2D eigenvalue weighted by Crippen LogP contribution is 2.39. The number of methoxy groups -OCH3 is 1. The minimum absolute atomic E-state index is 0.706. The van der Waals surface area contributed by atoms with E-state index in [0.717, 1.165) is 23.9 Å². The Morgan fingerprint density at radius 2 is 1.90 bits per heavy atom. The number of hydrogen-bond acceptors (Lipinski definition) is 2. The van der Waals surface area contributed by atoms with Crippen molar-refractivity contribution in [1.82, 2.24) is 0 Å². The highest BCUT2D eigenvalue weighted by Gasteiger charge is 2.22. The van der Waals surface area contributed by atoms with Gasteiger partial charge in [-0.2, -0.15) is 0 Å². The van der Waals surface area contributed by atoms with Gasteiger partial charge in [0.05, 0.1) is 12.8 Å². The normalized spacial score (nSPS) is 14.1. The van der Waals surface area contributed by atoms with Crippen molar-refractivity contribution in [2.45, 2.75) is 25.3 Å². The summed E-state index contributed by atoms with van der Waals surface area (Å²) in [6, 6.07) is 14.5. The fourth-order valence-electron chi connectivity index (χ4n) is 2.34. The molecule has 0 unspecified atom stereocenters. The summed E-state index contributed by atoms with van der Waals surface area (Å²) in [6.45, 7) is 0.766. The molecule has 0 amide bonds. The predicted molar refractivity (Wildman–Crippen MR) is 83.7 cm³/mol. The summed E-state index contributed by atoms with van der Waals surface area (Å²) in [4.78, 5) is 0. The molecule has 0 spiro atoms. The molecule has 20 heavy (non-hydrogen) atoms. The average Bonchev–Trinajstić information content (AvgIpc) is 3.30. The van der Waals surface area contributed by atoms with Crippen LogP contribution in [0.15, 0.2) is 42.5 Å². The number of nitrogens with one attached hydrogen (secondary N) is 1. The molecule has 0 radical (unpaired) electrons. The standard InChI is InChI=1S/C17H18ClNO/c1-20-17-9-8-15(18)10-16(17)19-11-12-2-4-13(5-3-12)14-6-7-14/h2-5,8-10,14,19H,6-7,11H2,1H3. The van der Waals surface area contributed by atoms with Gasteiger partial charge in [-0.3, -0.25) is 0 Å². The Balaban J connectivity index is 1.67. The van der Waals surface area contributed by atoms with E-state index in [2.05, 4.69) is 29.6 Å². The molecule has 1 aliphatic rings. The molecule has 3 rings (SSSR count). The molecule has 1 saturated carbocycles. The molecule has 0 atom stereocenters. The van der Waals surface area contributed by atoms with Gasteiger partial charge in [0, 0.05) is 11.6 Å². The van der Waals surface area contributed by atoms with Crippen molar-refractivity contribution in [1.29, 1.82) is 0 Å². The second-order valence-electron chi connectivity index (χ2n) is 5.21. The first-order valence-corrected chi connectivity index (χ1v) is 7.30. The van der Waals surface area contributed by atoms with Gasteiger partial charge in [-0.15, -0.1) is 0 Å². The number of halogens is 1. The Hall–Kier alpha value is -1.67. The van der Waals surface area contributed by atoms with Gasteiger partial charge in [0.1, 0.15) is 5.75 Å². The molecule has 0 heterocycles. The summed E-state index contributed by atoms with van der Waals surface area (Å²) in [6.07, 6.45) is 2.69. The molecule has 2 aromatic carbocycles. The maximum Gasteiger partial charge on any atom is 0.142 e. The van der Waals surface area contributed by atoms with E-state index in [4.69, 9.17) is 16.3 Å². The van der Waals surface area contributed by atoms with Crippen LogP contribution in [-0.4, -0.2) is 7.11 Å². The van der Waals surface area contributed by atoms with Gasteiger partial charge in [0.15, 0.2) is 0 Å². The molecular formula is C17H18ClNO. The summed E-state index contributed by atoms with van der Waals surface area (Å²) in [5.74, 6) is 1.62. The SMILES string of the molecule is COc1ccc(Cl)cc1NCc1ccc(C2CC2)cc1.